The van der Waals surface area contributed by atoms with Gasteiger partial charge in [-0.25, -0.2) is 22.8 Å². The van der Waals surface area contributed by atoms with Crippen LogP contribution in [0.25, 0.3) is 11.3 Å². The van der Waals surface area contributed by atoms with Gasteiger partial charge in [0.1, 0.15) is 5.82 Å². The van der Waals surface area contributed by atoms with Gasteiger partial charge >= 0.3 is 0 Å². The molecular formula is C28H36FN5O4S. The molecule has 0 spiro atoms. The summed E-state index contributed by atoms with van der Waals surface area (Å²) >= 11 is 0. The van der Waals surface area contributed by atoms with Crippen LogP contribution in [0.1, 0.15) is 39.5 Å². The zero-order chi connectivity index (χ0) is 28.0. The number of benzene rings is 2. The number of rotatable bonds is 11. The lowest BCUT2D eigenvalue weighted by atomic mass is 10.0. The van der Waals surface area contributed by atoms with E-state index in [0.717, 1.165) is 18.4 Å². The second-order valence-corrected chi connectivity index (χ2v) is 11.7. The zero-order valence-corrected chi connectivity index (χ0v) is 23.4. The molecule has 0 aliphatic carbocycles. The molecule has 2 heterocycles. The van der Waals surface area contributed by atoms with Crippen LogP contribution in [0.3, 0.4) is 0 Å². The minimum atomic E-state index is -3.67. The predicted octanol–water partition coefficient (Wildman–Crippen LogP) is 4.59. The summed E-state index contributed by atoms with van der Waals surface area (Å²) in [5.74, 6) is -1.38. The molecule has 0 saturated carbocycles. The van der Waals surface area contributed by atoms with Crippen molar-refractivity contribution in [1.82, 2.24) is 19.2 Å². The SMILES string of the molecule is CCCCOC(C)(O)N(C)C1CCN(S(=O)(=O)c2ccc(Nc3nccc(-c4ccc(F)cc4)n3)cc2)CC1. The molecule has 2 aromatic carbocycles. The molecule has 0 amide bonds. The Morgan fingerprint density at radius 3 is 2.44 bits per heavy atom. The van der Waals surface area contributed by atoms with Crippen molar-refractivity contribution < 1.29 is 22.7 Å². The van der Waals surface area contributed by atoms with Crippen LogP contribution in [-0.2, 0) is 14.8 Å². The quantitative estimate of drug-likeness (QED) is 0.260. The minimum absolute atomic E-state index is 0.00493. The second-order valence-electron chi connectivity index (χ2n) is 9.80. The Morgan fingerprint density at radius 2 is 1.79 bits per heavy atom. The molecule has 39 heavy (non-hydrogen) atoms. The minimum Gasteiger partial charge on any atom is -0.353 e. The van der Waals surface area contributed by atoms with Crippen LogP contribution >= 0.6 is 0 Å². The number of hydrogen-bond acceptors (Lipinski definition) is 8. The van der Waals surface area contributed by atoms with Crippen LogP contribution in [-0.4, -0.2) is 71.4 Å². The molecule has 1 fully saturated rings. The molecule has 4 rings (SSSR count). The Hall–Kier alpha value is -2.96. The van der Waals surface area contributed by atoms with E-state index in [2.05, 4.69) is 22.2 Å². The number of halogens is 1. The summed E-state index contributed by atoms with van der Waals surface area (Å²) < 4.78 is 47.0. The Morgan fingerprint density at radius 1 is 1.13 bits per heavy atom. The van der Waals surface area contributed by atoms with Crippen molar-refractivity contribution in [2.24, 2.45) is 0 Å². The smallest absolute Gasteiger partial charge is 0.243 e. The van der Waals surface area contributed by atoms with E-state index in [1.54, 1.807) is 60.5 Å². The van der Waals surface area contributed by atoms with Crippen LogP contribution in [0.4, 0.5) is 16.0 Å². The topological polar surface area (TPSA) is 108 Å². The highest BCUT2D eigenvalue weighted by molar-refractivity contribution is 7.89. The molecule has 2 N–H and O–H groups in total. The van der Waals surface area contributed by atoms with E-state index in [9.17, 15) is 17.9 Å². The van der Waals surface area contributed by atoms with Crippen LogP contribution in [0.2, 0.25) is 0 Å². The molecule has 11 heteroatoms. The number of aromatic nitrogens is 2. The predicted molar refractivity (Wildman–Crippen MR) is 148 cm³/mol. The third kappa shape index (κ3) is 7.17. The molecule has 210 valence electrons. The Labute approximate surface area is 229 Å². The Kier molecular flexibility index (Phi) is 9.29. The Balaban J connectivity index is 1.36. The molecule has 0 radical (unpaired) electrons. The van der Waals surface area contributed by atoms with E-state index >= 15 is 0 Å². The lowest BCUT2D eigenvalue weighted by molar-refractivity contribution is -0.286. The largest absolute Gasteiger partial charge is 0.353 e. The molecule has 9 nitrogen and oxygen atoms in total. The number of piperidine rings is 1. The zero-order valence-electron chi connectivity index (χ0n) is 22.5. The molecule has 0 bridgehead atoms. The number of nitrogens with zero attached hydrogens (tertiary/aromatic N) is 4. The summed E-state index contributed by atoms with van der Waals surface area (Å²) in [4.78, 5) is 10.7. The van der Waals surface area contributed by atoms with Gasteiger partial charge in [0, 0.05) is 43.5 Å². The van der Waals surface area contributed by atoms with Gasteiger partial charge in [0.25, 0.3) is 0 Å². The van der Waals surface area contributed by atoms with Gasteiger partial charge in [0.15, 0.2) is 0 Å². The first kappa shape index (κ1) is 29.0. The highest BCUT2D eigenvalue weighted by Gasteiger charge is 2.37. The summed E-state index contributed by atoms with van der Waals surface area (Å²) in [5.41, 5.74) is 2.02. The molecule has 3 aromatic rings. The maximum Gasteiger partial charge on any atom is 0.243 e. The molecule has 1 saturated heterocycles. The lowest BCUT2D eigenvalue weighted by Crippen LogP contribution is -2.55. The Bertz CT molecular complexity index is 1330. The van der Waals surface area contributed by atoms with Gasteiger partial charge in [-0.05, 0) is 80.9 Å². The first-order valence-corrected chi connectivity index (χ1v) is 14.6. The average Bonchev–Trinajstić information content (AvgIpc) is 2.93. The summed E-state index contributed by atoms with van der Waals surface area (Å²) in [6.45, 7) is 4.87. The second kappa shape index (κ2) is 12.5. The van der Waals surface area contributed by atoms with E-state index in [1.165, 1.54) is 16.4 Å². The van der Waals surface area contributed by atoms with Crippen LogP contribution in [0, 0.1) is 5.82 Å². The van der Waals surface area contributed by atoms with Crippen molar-refractivity contribution in [2.45, 2.75) is 56.4 Å². The number of aliphatic hydroxyl groups is 1. The normalized spacial score (nSPS) is 16.8. The van der Waals surface area contributed by atoms with Crippen molar-refractivity contribution in [2.75, 3.05) is 32.1 Å². The van der Waals surface area contributed by atoms with Crippen LogP contribution < -0.4 is 5.32 Å². The van der Waals surface area contributed by atoms with Crippen molar-refractivity contribution >= 4 is 21.7 Å². The van der Waals surface area contributed by atoms with Gasteiger partial charge in [0.2, 0.25) is 21.9 Å². The molecule has 1 unspecified atom stereocenters. The van der Waals surface area contributed by atoms with Gasteiger partial charge in [-0.15, -0.1) is 0 Å². The number of ether oxygens (including phenoxy) is 1. The molecular weight excluding hydrogens is 521 g/mol. The van der Waals surface area contributed by atoms with Gasteiger partial charge in [-0.3, -0.25) is 4.90 Å². The standard InChI is InChI=1S/C28H36FN5O4S/c1-4-5-20-38-28(2,35)33(3)24-15-18-34(19-16-24)39(36,37)25-12-10-23(11-13-25)31-27-30-17-14-26(32-27)21-6-8-22(29)9-7-21/h6-14,17,24,35H,4-5,15-16,18-20H2,1-3H3,(H,30,31,32). The van der Waals surface area contributed by atoms with Crippen LogP contribution in [0.5, 0.6) is 0 Å². The maximum absolute atomic E-state index is 13.3. The first-order chi connectivity index (χ1) is 18.6. The van der Waals surface area contributed by atoms with E-state index in [0.29, 0.717) is 49.9 Å². The lowest BCUT2D eigenvalue weighted by Gasteiger charge is -2.42. The number of hydrogen-bond donors (Lipinski definition) is 2. The third-order valence-electron chi connectivity index (χ3n) is 7.04. The molecule has 1 atom stereocenters. The highest BCUT2D eigenvalue weighted by atomic mass is 32.2. The van der Waals surface area contributed by atoms with E-state index in [4.69, 9.17) is 4.74 Å². The van der Waals surface area contributed by atoms with Crippen molar-refractivity contribution in [3.63, 3.8) is 0 Å². The van der Waals surface area contributed by atoms with Gasteiger partial charge in [-0.1, -0.05) is 13.3 Å². The van der Waals surface area contributed by atoms with Crippen molar-refractivity contribution in [1.29, 1.82) is 0 Å². The molecule has 1 aromatic heterocycles. The first-order valence-electron chi connectivity index (χ1n) is 13.2. The number of anilines is 2. The van der Waals surface area contributed by atoms with Crippen LogP contribution in [0.15, 0.2) is 65.7 Å². The fourth-order valence-electron chi connectivity index (χ4n) is 4.51. The van der Waals surface area contributed by atoms with Crippen molar-refractivity contribution in [3.8, 4) is 11.3 Å². The fraction of sp³-hybridized carbons (Fsp3) is 0.429. The number of nitrogens with one attached hydrogen (secondary N) is 1. The number of unbranched alkanes of at least 4 members (excludes halogenated alkanes) is 1. The van der Waals surface area contributed by atoms with Gasteiger partial charge in [-0.2, -0.15) is 4.31 Å². The monoisotopic (exact) mass is 557 g/mol. The number of sulfonamides is 1. The maximum atomic E-state index is 13.3. The average molecular weight is 558 g/mol. The van der Waals surface area contributed by atoms with E-state index in [-0.39, 0.29) is 16.8 Å². The summed E-state index contributed by atoms with van der Waals surface area (Å²) in [7, 11) is -1.86. The third-order valence-corrected chi connectivity index (χ3v) is 8.96. The summed E-state index contributed by atoms with van der Waals surface area (Å²) in [6, 6.07) is 14.2. The van der Waals surface area contributed by atoms with Gasteiger partial charge < -0.3 is 15.2 Å². The van der Waals surface area contributed by atoms with Gasteiger partial charge in [0.05, 0.1) is 17.2 Å². The fourth-order valence-corrected chi connectivity index (χ4v) is 5.98. The highest BCUT2D eigenvalue weighted by Crippen LogP contribution is 2.27. The van der Waals surface area contributed by atoms with E-state index < -0.39 is 15.9 Å². The van der Waals surface area contributed by atoms with E-state index in [1.807, 2.05) is 7.05 Å². The molecule has 1 aliphatic rings. The van der Waals surface area contributed by atoms with Crippen molar-refractivity contribution in [3.05, 3.63) is 66.6 Å². The summed E-state index contributed by atoms with van der Waals surface area (Å²) in [5, 5.41) is 13.8. The molecule has 1 aliphatic heterocycles. The summed E-state index contributed by atoms with van der Waals surface area (Å²) in [6.07, 6.45) is 4.62.